The van der Waals surface area contributed by atoms with Gasteiger partial charge in [-0.25, -0.2) is 4.98 Å². The first-order chi connectivity index (χ1) is 13.7. The number of hydrogen-bond acceptors (Lipinski definition) is 6. The number of rotatable bonds is 9. The highest BCUT2D eigenvalue weighted by molar-refractivity contribution is 5.49. The zero-order valence-electron chi connectivity index (χ0n) is 17.0. The van der Waals surface area contributed by atoms with Gasteiger partial charge in [-0.3, -0.25) is 4.90 Å². The van der Waals surface area contributed by atoms with E-state index in [1.807, 2.05) is 19.1 Å². The monoisotopic (exact) mass is 381 g/mol. The van der Waals surface area contributed by atoms with Crippen molar-refractivity contribution in [2.75, 3.05) is 63.2 Å². The van der Waals surface area contributed by atoms with Crippen LogP contribution in [0.15, 0.2) is 42.5 Å². The van der Waals surface area contributed by atoms with Gasteiger partial charge in [-0.2, -0.15) is 4.98 Å². The normalized spacial score (nSPS) is 15.3. The first kappa shape index (κ1) is 20.3. The van der Waals surface area contributed by atoms with Gasteiger partial charge in [0.15, 0.2) is 0 Å². The highest BCUT2D eigenvalue weighted by atomic mass is 16.5. The molecule has 0 aliphatic carbocycles. The molecule has 0 spiro atoms. The maximum Gasteiger partial charge on any atom is 0.227 e. The Labute approximate surface area is 168 Å². The highest BCUT2D eigenvalue weighted by Gasteiger charge is 2.18. The molecule has 0 bridgehead atoms. The van der Waals surface area contributed by atoms with Crippen LogP contribution in [-0.4, -0.2) is 67.9 Å². The second-order valence-electron chi connectivity index (χ2n) is 7.07. The summed E-state index contributed by atoms with van der Waals surface area (Å²) in [5.74, 6) is 1.72. The molecule has 2 heterocycles. The Balaban J connectivity index is 1.48. The number of methoxy groups -OCH3 is 1. The summed E-state index contributed by atoms with van der Waals surface area (Å²) in [6.07, 6.45) is 5.40. The molecule has 1 aliphatic rings. The van der Waals surface area contributed by atoms with Crippen molar-refractivity contribution in [1.29, 1.82) is 0 Å². The number of nitrogens with zero attached hydrogens (tertiary/aromatic N) is 4. The Morgan fingerprint density at radius 1 is 1.11 bits per heavy atom. The Hall–Kier alpha value is -2.44. The van der Waals surface area contributed by atoms with Crippen LogP contribution in [0.1, 0.15) is 17.7 Å². The van der Waals surface area contributed by atoms with Gasteiger partial charge >= 0.3 is 0 Å². The third-order valence-corrected chi connectivity index (χ3v) is 4.80. The molecule has 0 radical (unpaired) electrons. The minimum atomic E-state index is 0.755. The van der Waals surface area contributed by atoms with Crippen molar-refractivity contribution in [3.8, 4) is 0 Å². The highest BCUT2D eigenvalue weighted by Crippen LogP contribution is 2.16. The summed E-state index contributed by atoms with van der Waals surface area (Å²) < 4.78 is 5.10. The molecule has 150 valence electrons. The average Bonchev–Trinajstić information content (AvgIpc) is 2.72. The molecule has 3 rings (SSSR count). The Bertz CT molecular complexity index is 742. The van der Waals surface area contributed by atoms with Gasteiger partial charge in [-0.15, -0.1) is 0 Å². The van der Waals surface area contributed by atoms with E-state index in [0.29, 0.717) is 0 Å². The zero-order chi connectivity index (χ0) is 19.6. The van der Waals surface area contributed by atoms with Gasteiger partial charge in [0.2, 0.25) is 5.95 Å². The first-order valence-electron chi connectivity index (χ1n) is 10.0. The molecular formula is C22H31N5O. The zero-order valence-corrected chi connectivity index (χ0v) is 17.0. The average molecular weight is 382 g/mol. The number of aromatic nitrogens is 2. The summed E-state index contributed by atoms with van der Waals surface area (Å²) in [5, 5.41) is 3.37. The van der Waals surface area contributed by atoms with E-state index in [2.05, 4.69) is 56.5 Å². The van der Waals surface area contributed by atoms with E-state index in [0.717, 1.165) is 69.8 Å². The Kier molecular flexibility index (Phi) is 7.82. The summed E-state index contributed by atoms with van der Waals surface area (Å²) in [6, 6.07) is 12.4. The van der Waals surface area contributed by atoms with Gasteiger partial charge in [0.05, 0.1) is 0 Å². The molecule has 1 N–H and O–H groups in total. The molecule has 6 heteroatoms. The predicted octanol–water partition coefficient (Wildman–Crippen LogP) is 3.07. The summed E-state index contributed by atoms with van der Waals surface area (Å²) in [6.45, 7) is 8.55. The number of hydrogen-bond donors (Lipinski definition) is 1. The lowest BCUT2D eigenvalue weighted by Gasteiger charge is -2.34. The van der Waals surface area contributed by atoms with Gasteiger partial charge in [0, 0.05) is 64.7 Å². The van der Waals surface area contributed by atoms with E-state index in [9.17, 15) is 0 Å². The van der Waals surface area contributed by atoms with Crippen LogP contribution in [-0.2, 0) is 4.74 Å². The van der Waals surface area contributed by atoms with E-state index in [4.69, 9.17) is 9.72 Å². The number of ether oxygens (including phenoxy) is 1. The molecule has 6 nitrogen and oxygen atoms in total. The second kappa shape index (κ2) is 10.8. The standard InChI is InChI=1S/C22H31N5O/c1-19-18-21(23-11-7-17-28-2)25-22(24-19)27-15-13-26(14-16-27)12-6-10-20-8-4-3-5-9-20/h3-6,8-10,18H,7,11-17H2,1-2H3,(H,23,24,25)/b10-6+. The number of piperazine rings is 1. The predicted molar refractivity (Wildman–Crippen MR) is 116 cm³/mol. The molecule has 28 heavy (non-hydrogen) atoms. The van der Waals surface area contributed by atoms with Gasteiger partial charge in [0.25, 0.3) is 0 Å². The molecule has 0 unspecified atom stereocenters. The van der Waals surface area contributed by atoms with E-state index in [1.165, 1.54) is 5.56 Å². The minimum absolute atomic E-state index is 0.755. The lowest BCUT2D eigenvalue weighted by molar-refractivity contribution is 0.198. The molecule has 0 amide bonds. The van der Waals surface area contributed by atoms with E-state index >= 15 is 0 Å². The molecule has 1 saturated heterocycles. The summed E-state index contributed by atoms with van der Waals surface area (Å²) in [5.41, 5.74) is 2.24. The minimum Gasteiger partial charge on any atom is -0.385 e. The third kappa shape index (κ3) is 6.32. The third-order valence-electron chi connectivity index (χ3n) is 4.80. The molecule has 1 aromatic carbocycles. The van der Waals surface area contributed by atoms with Crippen molar-refractivity contribution in [2.24, 2.45) is 0 Å². The van der Waals surface area contributed by atoms with Crippen molar-refractivity contribution < 1.29 is 4.74 Å². The molecule has 0 atom stereocenters. The van der Waals surface area contributed by atoms with Crippen LogP contribution >= 0.6 is 0 Å². The van der Waals surface area contributed by atoms with Crippen LogP contribution < -0.4 is 10.2 Å². The van der Waals surface area contributed by atoms with Crippen LogP contribution in [0.25, 0.3) is 6.08 Å². The van der Waals surface area contributed by atoms with Crippen LogP contribution in [0.2, 0.25) is 0 Å². The fraction of sp³-hybridized carbons (Fsp3) is 0.455. The van der Waals surface area contributed by atoms with Gasteiger partial charge in [-0.1, -0.05) is 42.5 Å². The summed E-state index contributed by atoms with van der Waals surface area (Å²) in [7, 11) is 1.73. The summed E-state index contributed by atoms with van der Waals surface area (Å²) in [4.78, 5) is 14.1. The molecule has 2 aromatic rings. The molecule has 0 saturated carbocycles. The van der Waals surface area contributed by atoms with Crippen molar-refractivity contribution in [1.82, 2.24) is 14.9 Å². The Morgan fingerprint density at radius 2 is 1.89 bits per heavy atom. The van der Waals surface area contributed by atoms with E-state index in [-0.39, 0.29) is 0 Å². The summed E-state index contributed by atoms with van der Waals surface area (Å²) >= 11 is 0. The number of aryl methyl sites for hydroxylation is 1. The maximum absolute atomic E-state index is 5.10. The second-order valence-corrected chi connectivity index (χ2v) is 7.07. The molecule has 1 aromatic heterocycles. The van der Waals surface area contributed by atoms with Gasteiger partial charge in [0.1, 0.15) is 5.82 Å². The SMILES string of the molecule is COCCCNc1cc(C)nc(N2CCN(C/C=C/c3ccccc3)CC2)n1. The number of anilines is 2. The van der Waals surface area contributed by atoms with Crippen LogP contribution in [0.3, 0.4) is 0 Å². The number of benzene rings is 1. The first-order valence-corrected chi connectivity index (χ1v) is 10.0. The van der Waals surface area contributed by atoms with Crippen LogP contribution in [0.4, 0.5) is 11.8 Å². The van der Waals surface area contributed by atoms with E-state index in [1.54, 1.807) is 7.11 Å². The maximum atomic E-state index is 5.10. The van der Waals surface area contributed by atoms with Crippen molar-refractivity contribution >= 4 is 17.8 Å². The lowest BCUT2D eigenvalue weighted by atomic mass is 10.2. The Morgan fingerprint density at radius 3 is 2.64 bits per heavy atom. The van der Waals surface area contributed by atoms with Crippen molar-refractivity contribution in [2.45, 2.75) is 13.3 Å². The fourth-order valence-electron chi connectivity index (χ4n) is 3.25. The van der Waals surface area contributed by atoms with Crippen molar-refractivity contribution in [3.63, 3.8) is 0 Å². The smallest absolute Gasteiger partial charge is 0.227 e. The molecular weight excluding hydrogens is 350 g/mol. The number of nitrogens with one attached hydrogen (secondary N) is 1. The fourth-order valence-corrected chi connectivity index (χ4v) is 3.25. The molecule has 1 aliphatic heterocycles. The molecule has 1 fully saturated rings. The topological polar surface area (TPSA) is 53.5 Å². The van der Waals surface area contributed by atoms with Crippen molar-refractivity contribution in [3.05, 3.63) is 53.7 Å². The van der Waals surface area contributed by atoms with Gasteiger partial charge < -0.3 is 15.0 Å². The lowest BCUT2D eigenvalue weighted by Crippen LogP contribution is -2.47. The largest absolute Gasteiger partial charge is 0.385 e. The van der Waals surface area contributed by atoms with Crippen LogP contribution in [0.5, 0.6) is 0 Å². The van der Waals surface area contributed by atoms with E-state index < -0.39 is 0 Å². The van der Waals surface area contributed by atoms with Crippen LogP contribution in [0, 0.1) is 6.92 Å². The quantitative estimate of drug-likeness (QED) is 0.674. The van der Waals surface area contributed by atoms with Gasteiger partial charge in [-0.05, 0) is 18.9 Å².